The third-order valence-electron chi connectivity index (χ3n) is 1.43. The van der Waals surface area contributed by atoms with Gasteiger partial charge in [-0.1, -0.05) is 19.7 Å². The van der Waals surface area contributed by atoms with Gasteiger partial charge in [0.1, 0.15) is 0 Å². The number of ether oxygens (including phenoxy) is 3. The van der Waals surface area contributed by atoms with Crippen molar-refractivity contribution in [2.45, 2.75) is 13.8 Å². The van der Waals surface area contributed by atoms with E-state index in [4.69, 9.17) is 5.11 Å². The van der Waals surface area contributed by atoms with Crippen molar-refractivity contribution in [3.63, 3.8) is 0 Å². The molecule has 0 radical (unpaired) electrons. The van der Waals surface area contributed by atoms with Crippen LogP contribution in [0, 0.1) is 0 Å². The Kier molecular flexibility index (Phi) is 19.6. The van der Waals surface area contributed by atoms with Crippen molar-refractivity contribution in [1.29, 1.82) is 0 Å². The molecule has 0 saturated carbocycles. The molecule has 0 saturated heterocycles. The van der Waals surface area contributed by atoms with Gasteiger partial charge in [-0.15, -0.1) is 0 Å². The smallest absolute Gasteiger partial charge is 0.338 e. The lowest BCUT2D eigenvalue weighted by molar-refractivity contribution is -0.150. The molecule has 9 heteroatoms. The zero-order valence-electron chi connectivity index (χ0n) is 13.9. The highest BCUT2D eigenvalue weighted by atomic mass is 16.6. The minimum absolute atomic E-state index is 0.329. The molecule has 0 aromatic carbocycles. The quantitative estimate of drug-likeness (QED) is 0.260. The Morgan fingerprint density at radius 1 is 1.12 bits per heavy atom. The van der Waals surface area contributed by atoms with Gasteiger partial charge in [0.05, 0.1) is 12.9 Å². The molecule has 25 heavy (non-hydrogen) atoms. The van der Waals surface area contributed by atoms with Crippen LogP contribution in [0.1, 0.15) is 13.8 Å². The molecular weight excluding hydrogens is 336 g/mol. The number of hydrogen-bond acceptors (Lipinski definition) is 8. The Morgan fingerprint density at radius 3 is 1.64 bits per heavy atom. The van der Waals surface area contributed by atoms with Crippen molar-refractivity contribution in [3.8, 4) is 0 Å². The Bertz CT molecular complexity index is 514. The molecule has 1 rings (SSSR count). The Labute approximate surface area is 144 Å². The number of hydrogen-bond donors (Lipinski definition) is 1. The first-order valence-electron chi connectivity index (χ1n) is 6.50. The number of esters is 4. The molecule has 1 N–H and O–H groups in total. The van der Waals surface area contributed by atoms with Crippen LogP contribution in [-0.2, 0) is 38.2 Å². The molecule has 1 aliphatic rings. The van der Waals surface area contributed by atoms with Crippen LogP contribution in [0.15, 0.2) is 50.3 Å². The second kappa shape index (κ2) is 18.6. The van der Waals surface area contributed by atoms with Crippen LogP contribution in [0.3, 0.4) is 0 Å². The van der Waals surface area contributed by atoms with E-state index in [1.165, 1.54) is 6.92 Å². The van der Waals surface area contributed by atoms with Gasteiger partial charge >= 0.3 is 29.8 Å². The molecule has 0 bridgehead atoms. The summed E-state index contributed by atoms with van der Waals surface area (Å²) in [6, 6.07) is 0. The van der Waals surface area contributed by atoms with Gasteiger partial charge in [0.15, 0.2) is 0 Å². The number of carbonyl (C=O) groups excluding carboxylic acids is 4. The minimum Gasteiger partial charge on any atom is -0.478 e. The lowest BCUT2D eigenvalue weighted by Crippen LogP contribution is -1.97. The summed E-state index contributed by atoms with van der Waals surface area (Å²) < 4.78 is 12.6. The average Bonchev–Trinajstić information content (AvgIpc) is 2.92. The summed E-state index contributed by atoms with van der Waals surface area (Å²) in [7, 11) is 0. The molecule has 1 aliphatic heterocycles. The average molecular weight is 356 g/mol. The van der Waals surface area contributed by atoms with Crippen LogP contribution >= 0.6 is 0 Å². The van der Waals surface area contributed by atoms with Gasteiger partial charge in [-0.2, -0.15) is 0 Å². The Morgan fingerprint density at radius 2 is 1.56 bits per heavy atom. The summed E-state index contributed by atoms with van der Waals surface area (Å²) in [5, 5.41) is 7.60. The van der Waals surface area contributed by atoms with Crippen molar-refractivity contribution >= 4 is 29.8 Å². The van der Waals surface area contributed by atoms with E-state index < -0.39 is 17.9 Å². The predicted octanol–water partition coefficient (Wildman–Crippen LogP) is 1.31. The zero-order valence-corrected chi connectivity index (χ0v) is 13.9. The predicted molar refractivity (Wildman–Crippen MR) is 86.9 cm³/mol. The maximum absolute atomic E-state index is 10.1. The van der Waals surface area contributed by atoms with Crippen LogP contribution in [0.5, 0.6) is 0 Å². The normalized spacial score (nSPS) is 10.0. The lowest BCUT2D eigenvalue weighted by atomic mass is 10.6. The molecule has 0 aliphatic carbocycles. The summed E-state index contributed by atoms with van der Waals surface area (Å²) in [5.74, 6) is -2.83. The Balaban J connectivity index is -0.000000261. The standard InChI is InChI=1S/C5H8O2.C4H2O3.C4H6O2.C3H4O2/c1-3-5(6)7-4-2;5-3-1-2-4(6)7-3;1-3-6-4(2)5;1-2-3(4)5/h3H,1,4H2,2H3;1-2H;3H,1H2,2H3;2H,1H2,(H,4,5). The number of rotatable bonds is 4. The molecule has 0 spiro atoms. The zero-order chi connectivity index (χ0) is 20.3. The van der Waals surface area contributed by atoms with Crippen LogP contribution in [0.4, 0.5) is 0 Å². The lowest BCUT2D eigenvalue weighted by Gasteiger charge is -1.90. The first-order chi connectivity index (χ1) is 11.6. The van der Waals surface area contributed by atoms with E-state index in [1.807, 2.05) is 0 Å². The highest BCUT2D eigenvalue weighted by Gasteiger charge is 2.10. The molecule has 1 heterocycles. The number of aliphatic carboxylic acids is 1. The third-order valence-corrected chi connectivity index (χ3v) is 1.43. The monoisotopic (exact) mass is 356 g/mol. The topological polar surface area (TPSA) is 133 Å². The van der Waals surface area contributed by atoms with E-state index in [2.05, 4.69) is 33.9 Å². The van der Waals surface area contributed by atoms with Gasteiger partial charge in [0, 0.05) is 31.2 Å². The van der Waals surface area contributed by atoms with E-state index >= 15 is 0 Å². The molecule has 0 unspecified atom stereocenters. The minimum atomic E-state index is -0.981. The second-order valence-electron chi connectivity index (χ2n) is 3.35. The molecule has 138 valence electrons. The van der Waals surface area contributed by atoms with E-state index in [0.717, 1.165) is 30.6 Å². The van der Waals surface area contributed by atoms with E-state index in [9.17, 15) is 24.0 Å². The maximum atomic E-state index is 10.1. The number of cyclic esters (lactones) is 2. The van der Waals surface area contributed by atoms with E-state index in [0.29, 0.717) is 6.61 Å². The van der Waals surface area contributed by atoms with Gasteiger partial charge < -0.3 is 19.3 Å². The molecule has 0 aromatic rings. The summed E-state index contributed by atoms with van der Waals surface area (Å²) >= 11 is 0. The number of carbonyl (C=O) groups is 5. The fraction of sp³-hybridized carbons (Fsp3) is 0.188. The summed E-state index contributed by atoms with van der Waals surface area (Å²) in [6.07, 6.45) is 5.25. The molecule has 0 aromatic heterocycles. The van der Waals surface area contributed by atoms with Crippen LogP contribution < -0.4 is 0 Å². The van der Waals surface area contributed by atoms with Crippen molar-refractivity contribution in [3.05, 3.63) is 50.3 Å². The van der Waals surface area contributed by atoms with Gasteiger partial charge in [-0.05, 0) is 6.92 Å². The van der Waals surface area contributed by atoms with Gasteiger partial charge in [0.25, 0.3) is 0 Å². The second-order valence-corrected chi connectivity index (χ2v) is 3.35. The van der Waals surface area contributed by atoms with Crippen molar-refractivity contribution in [1.82, 2.24) is 0 Å². The number of carboxylic acid groups (broad SMARTS) is 1. The summed E-state index contributed by atoms with van der Waals surface area (Å²) in [5.41, 5.74) is 0. The molecule has 0 amide bonds. The van der Waals surface area contributed by atoms with Crippen LogP contribution in [0.25, 0.3) is 0 Å². The van der Waals surface area contributed by atoms with Gasteiger partial charge in [-0.25, -0.2) is 19.2 Å². The van der Waals surface area contributed by atoms with Crippen LogP contribution in [0.2, 0.25) is 0 Å². The SMILES string of the molecule is C=CC(=O)O.C=CC(=O)OCC.C=COC(C)=O.O=C1C=CC(=O)O1. The van der Waals surface area contributed by atoms with E-state index in [-0.39, 0.29) is 11.9 Å². The fourth-order valence-corrected chi connectivity index (χ4v) is 0.622. The summed E-state index contributed by atoms with van der Waals surface area (Å²) in [6.45, 7) is 12.8. The van der Waals surface area contributed by atoms with Crippen molar-refractivity contribution < 1.29 is 43.3 Å². The van der Waals surface area contributed by atoms with Gasteiger partial charge in [0.2, 0.25) is 0 Å². The molecule has 0 fully saturated rings. The Hall–Kier alpha value is -3.49. The molecular formula is C16H20O9. The van der Waals surface area contributed by atoms with Gasteiger partial charge in [-0.3, -0.25) is 4.79 Å². The summed E-state index contributed by atoms with van der Waals surface area (Å²) in [4.78, 5) is 48.9. The first-order valence-corrected chi connectivity index (χ1v) is 6.50. The fourth-order valence-electron chi connectivity index (χ4n) is 0.622. The highest BCUT2D eigenvalue weighted by Crippen LogP contribution is 1.92. The first kappa shape index (κ1) is 26.4. The van der Waals surface area contributed by atoms with Crippen molar-refractivity contribution in [2.75, 3.05) is 6.61 Å². The third kappa shape index (κ3) is 29.2. The number of carboxylic acids is 1. The highest BCUT2D eigenvalue weighted by molar-refractivity contribution is 6.04. The molecule has 9 nitrogen and oxygen atoms in total. The molecule has 0 atom stereocenters. The van der Waals surface area contributed by atoms with E-state index in [1.54, 1.807) is 6.92 Å². The van der Waals surface area contributed by atoms with Crippen molar-refractivity contribution in [2.24, 2.45) is 0 Å². The largest absolute Gasteiger partial charge is 0.478 e. The maximum Gasteiger partial charge on any atom is 0.338 e. The van der Waals surface area contributed by atoms with Crippen LogP contribution in [-0.4, -0.2) is 41.6 Å².